The summed E-state index contributed by atoms with van der Waals surface area (Å²) in [7, 11) is 0. The highest BCUT2D eigenvalue weighted by Gasteiger charge is 2.38. The molecule has 25 nitrogen and oxygen atoms in total. The number of nitrogens with two attached hydrogens (primary N) is 4. The van der Waals surface area contributed by atoms with Gasteiger partial charge in [-0.2, -0.15) is 0 Å². The Bertz CT molecular complexity index is 2200. The Morgan fingerprint density at radius 3 is 0.967 bits per heavy atom. The van der Waals surface area contributed by atoms with Crippen molar-refractivity contribution in [1.82, 2.24) is 53.2 Å². The molecule has 0 spiro atoms. The number of rotatable bonds is 53. The fourth-order valence-electron chi connectivity index (χ4n) is 10.6. The number of hydrogen-bond donors (Lipinski definition) is 14. The zero-order chi connectivity index (χ0) is 69.9. The highest BCUT2D eigenvalue weighted by atomic mass is 16.2. The van der Waals surface area contributed by atoms with E-state index in [0.717, 1.165) is 19.3 Å². The molecule has 0 saturated heterocycles. The van der Waals surface area contributed by atoms with Crippen molar-refractivity contribution in [2.24, 2.45) is 58.4 Å². The van der Waals surface area contributed by atoms with Crippen molar-refractivity contribution >= 4 is 65.0 Å². The van der Waals surface area contributed by atoms with E-state index in [1.807, 2.05) is 69.2 Å². The van der Waals surface area contributed by atoms with Crippen molar-refractivity contribution in [2.45, 2.75) is 298 Å². The Morgan fingerprint density at radius 1 is 0.315 bits per heavy atom. The van der Waals surface area contributed by atoms with Crippen LogP contribution < -0.4 is 76.1 Å². The van der Waals surface area contributed by atoms with Crippen LogP contribution in [0.4, 0.5) is 0 Å². The van der Waals surface area contributed by atoms with E-state index in [-0.39, 0.29) is 87.5 Å². The molecule has 25 heteroatoms. The van der Waals surface area contributed by atoms with Crippen LogP contribution in [-0.4, -0.2) is 146 Å². The second kappa shape index (κ2) is 49.6. The second-order valence-electron chi connectivity index (χ2n) is 27.0. The Hall–Kier alpha value is -5.95. The highest BCUT2D eigenvalue weighted by Crippen LogP contribution is 2.18. The Labute approximate surface area is 551 Å². The number of unbranched alkanes of at least 4 members (excludes halogenated alkanes) is 10. The lowest BCUT2D eigenvalue weighted by atomic mass is 9.94. The first-order valence-corrected chi connectivity index (χ1v) is 34.9. The van der Waals surface area contributed by atoms with Gasteiger partial charge in [-0.05, 0) is 145 Å². The zero-order valence-corrected chi connectivity index (χ0v) is 58.8. The van der Waals surface area contributed by atoms with Crippen LogP contribution in [0, 0.1) is 35.5 Å². The molecule has 0 aromatic rings. The third kappa shape index (κ3) is 37.7. The van der Waals surface area contributed by atoms with Crippen molar-refractivity contribution < 1.29 is 52.7 Å². The molecule has 0 fully saturated rings. The van der Waals surface area contributed by atoms with E-state index in [2.05, 4.69) is 60.1 Å². The van der Waals surface area contributed by atoms with E-state index in [1.165, 1.54) is 25.7 Å². The molecule has 0 rings (SSSR count). The van der Waals surface area contributed by atoms with Gasteiger partial charge < -0.3 is 76.1 Å². The van der Waals surface area contributed by atoms with Crippen LogP contribution in [0.2, 0.25) is 0 Å². The predicted octanol–water partition coefficient (Wildman–Crippen LogP) is 4.15. The monoisotopic (exact) mass is 1300 g/mol. The molecule has 0 aliphatic heterocycles. The van der Waals surface area contributed by atoms with Gasteiger partial charge in [0.1, 0.15) is 54.4 Å². The quantitative estimate of drug-likeness (QED) is 0.0381. The molecule has 0 bridgehead atoms. The number of carbonyl (C=O) groups excluding carboxylic acids is 11. The van der Waals surface area contributed by atoms with Crippen LogP contribution in [0.5, 0.6) is 0 Å². The summed E-state index contributed by atoms with van der Waals surface area (Å²) >= 11 is 0. The van der Waals surface area contributed by atoms with Gasteiger partial charge in [-0.25, -0.2) is 0 Å². The lowest BCUT2D eigenvalue weighted by Crippen LogP contribution is -2.62. The summed E-state index contributed by atoms with van der Waals surface area (Å²) in [5, 5.41) is 28.0. The Balaban J connectivity index is 6.78. The Morgan fingerprint density at radius 2 is 0.609 bits per heavy atom. The number of carbonyl (C=O) groups is 11. The lowest BCUT2D eigenvalue weighted by Gasteiger charge is -2.31. The van der Waals surface area contributed by atoms with Crippen LogP contribution in [-0.2, 0) is 52.7 Å². The van der Waals surface area contributed by atoms with E-state index in [4.69, 9.17) is 22.9 Å². The minimum Gasteiger partial charge on any atom is -0.368 e. The fraction of sp³-hybridized carbons (Fsp3) is 0.836. The van der Waals surface area contributed by atoms with Gasteiger partial charge in [0.15, 0.2) is 0 Å². The normalized spacial score (nSPS) is 15.1. The maximum atomic E-state index is 14.7. The van der Waals surface area contributed by atoms with Gasteiger partial charge in [0, 0.05) is 6.42 Å². The molecule has 0 aromatic carbocycles. The van der Waals surface area contributed by atoms with Crippen molar-refractivity contribution in [1.29, 1.82) is 0 Å². The molecule has 0 heterocycles. The van der Waals surface area contributed by atoms with Crippen LogP contribution in [0.25, 0.3) is 0 Å². The summed E-state index contributed by atoms with van der Waals surface area (Å²) in [6.45, 7) is 25.0. The minimum absolute atomic E-state index is 0.0256. The molecule has 0 unspecified atom stereocenters. The molecule has 92 heavy (non-hydrogen) atoms. The number of amides is 11. The molecular weight excluding hydrogens is 1180 g/mol. The van der Waals surface area contributed by atoms with E-state index in [1.54, 1.807) is 13.8 Å². The van der Waals surface area contributed by atoms with Crippen LogP contribution in [0.1, 0.15) is 244 Å². The first-order valence-electron chi connectivity index (χ1n) is 34.9. The summed E-state index contributed by atoms with van der Waals surface area (Å²) in [5.74, 6) is -8.07. The molecule has 11 atom stereocenters. The van der Waals surface area contributed by atoms with Gasteiger partial charge in [0.2, 0.25) is 65.0 Å². The van der Waals surface area contributed by atoms with Gasteiger partial charge in [-0.3, -0.25) is 52.7 Å². The van der Waals surface area contributed by atoms with Gasteiger partial charge >= 0.3 is 0 Å². The highest BCUT2D eigenvalue weighted by molar-refractivity contribution is 5.99. The van der Waals surface area contributed by atoms with Crippen molar-refractivity contribution in [2.75, 3.05) is 26.2 Å². The van der Waals surface area contributed by atoms with Crippen molar-refractivity contribution in [3.63, 3.8) is 0 Å². The summed E-state index contributed by atoms with van der Waals surface area (Å²) in [6.07, 6.45) is 13.7. The fourth-order valence-corrected chi connectivity index (χ4v) is 10.6. The average Bonchev–Trinajstić information content (AvgIpc) is 1.09. The molecule has 532 valence electrons. The molecular formula is C67H128N14O11. The average molecular weight is 1310 g/mol. The molecule has 11 amide bonds. The largest absolute Gasteiger partial charge is 0.368 e. The van der Waals surface area contributed by atoms with E-state index >= 15 is 0 Å². The molecule has 0 saturated carbocycles. The number of primary amides is 1. The van der Waals surface area contributed by atoms with Gasteiger partial charge in [0.05, 0.1) is 6.54 Å². The third-order valence-corrected chi connectivity index (χ3v) is 16.4. The molecule has 0 aliphatic rings. The molecule has 18 N–H and O–H groups in total. The molecule has 0 aliphatic carbocycles. The van der Waals surface area contributed by atoms with Crippen LogP contribution >= 0.6 is 0 Å². The SMILES string of the molecule is CCCCCCCCCCC(=O)NCC(=O)N[C@@H](CC(C)C)C(=O)N[C@@H](CC(C)C)C(=O)N[C@@H](CCCCN)C(=O)N[C@H](C(=O)N[C@H](C(=O)N[C@@H](CCCCN)C(=O)N[C@@H](CCCCN)C(=O)N[C@@H](CC(C)C)C(=O)N[C@@H](CC(C)C)C(N)=O)[C@@H](C)CC)[C@@H](C)CC. The second-order valence-corrected chi connectivity index (χ2v) is 27.0. The van der Waals surface area contributed by atoms with Gasteiger partial charge in [-0.15, -0.1) is 0 Å². The van der Waals surface area contributed by atoms with Crippen LogP contribution in [0.15, 0.2) is 0 Å². The summed E-state index contributed by atoms with van der Waals surface area (Å²) < 4.78 is 0. The standard InChI is InChI=1S/C67H128N14O11/c1-14-17-18-19-20-21-22-23-33-55(82)72-41-56(83)73-52(38-43(6)7)63(88)79-53(39-44(8)9)64(89)75-50(32-26-29-36-70)62(87)80-58(47(13)16-3)67(92)81-57(46(12)15-2)66(91)76-49(31-25-28-35-69)60(85)74-48(30-24-27-34-68)61(86)78-54(40-45(10)11)65(90)77-51(59(71)84)37-42(4)5/h42-54,57-58H,14-41,68-70H2,1-13H3,(H2,71,84)(H,72,82)(H,73,83)(H,74,85)(H,75,89)(H,76,91)(H,77,90)(H,78,86)(H,79,88)(H,80,87)(H,81,92)/t46-,47-,48-,49-,50-,51-,52-,53-,54-,57-,58-/m0/s1. The van der Waals surface area contributed by atoms with Crippen molar-refractivity contribution in [3.8, 4) is 0 Å². The van der Waals surface area contributed by atoms with E-state index in [0.29, 0.717) is 77.4 Å². The van der Waals surface area contributed by atoms with E-state index < -0.39 is 125 Å². The topological polar surface area (TPSA) is 412 Å². The van der Waals surface area contributed by atoms with Gasteiger partial charge in [-0.1, -0.05) is 148 Å². The Kier molecular flexibility index (Phi) is 46.4. The van der Waals surface area contributed by atoms with E-state index in [9.17, 15) is 52.7 Å². The summed E-state index contributed by atoms with van der Waals surface area (Å²) in [6, 6.07) is -10.3. The predicted molar refractivity (Wildman–Crippen MR) is 362 cm³/mol. The lowest BCUT2D eigenvalue weighted by molar-refractivity contribution is -0.137. The van der Waals surface area contributed by atoms with Crippen LogP contribution in [0.3, 0.4) is 0 Å². The first-order chi connectivity index (χ1) is 43.5. The molecule has 0 radical (unpaired) electrons. The maximum absolute atomic E-state index is 14.7. The smallest absolute Gasteiger partial charge is 0.243 e. The minimum atomic E-state index is -1.23. The first kappa shape index (κ1) is 86.0. The summed E-state index contributed by atoms with van der Waals surface area (Å²) in [5.41, 5.74) is 23.2. The third-order valence-electron chi connectivity index (χ3n) is 16.4. The van der Waals surface area contributed by atoms with Crippen molar-refractivity contribution in [3.05, 3.63) is 0 Å². The van der Waals surface area contributed by atoms with Gasteiger partial charge in [0.25, 0.3) is 0 Å². The zero-order valence-electron chi connectivity index (χ0n) is 58.8. The maximum Gasteiger partial charge on any atom is 0.243 e. The summed E-state index contributed by atoms with van der Waals surface area (Å²) in [4.78, 5) is 153. The number of hydrogen-bond acceptors (Lipinski definition) is 14. The number of nitrogens with one attached hydrogen (secondary N) is 10. The molecule has 0 aromatic heterocycles.